The fourth-order valence-corrected chi connectivity index (χ4v) is 2.84. The number of pyridine rings is 1. The summed E-state index contributed by atoms with van der Waals surface area (Å²) in [7, 11) is 2.19. The molecule has 1 aliphatic rings. The number of anilines is 1. The fraction of sp³-hybridized carbons (Fsp3) is 0.400. The highest BCUT2D eigenvalue weighted by Gasteiger charge is 2.14. The molecule has 3 nitrogen and oxygen atoms in total. The molecule has 1 fully saturated rings. The van der Waals surface area contributed by atoms with Crippen LogP contribution in [0.15, 0.2) is 30.5 Å². The van der Waals surface area contributed by atoms with Gasteiger partial charge in [0.05, 0.1) is 5.52 Å². The van der Waals surface area contributed by atoms with E-state index >= 15 is 0 Å². The highest BCUT2D eigenvalue weighted by atomic mass is 35.5. The SMILES string of the molecule is CN1CCCN(c2ccnc3cc(Cl)ccc23)CC1. The lowest BCUT2D eigenvalue weighted by atomic mass is 10.1. The van der Waals surface area contributed by atoms with Gasteiger partial charge >= 0.3 is 0 Å². The quantitative estimate of drug-likeness (QED) is 0.797. The monoisotopic (exact) mass is 275 g/mol. The van der Waals surface area contributed by atoms with Crippen LogP contribution in [0.4, 0.5) is 5.69 Å². The first kappa shape index (κ1) is 12.7. The van der Waals surface area contributed by atoms with Gasteiger partial charge in [-0.3, -0.25) is 4.98 Å². The van der Waals surface area contributed by atoms with Gasteiger partial charge in [0, 0.05) is 41.9 Å². The number of fused-ring (bicyclic) bond motifs is 1. The number of likely N-dealkylation sites (N-methyl/N-ethyl adjacent to an activating group) is 1. The summed E-state index contributed by atoms with van der Waals surface area (Å²) in [6.07, 6.45) is 3.08. The van der Waals surface area contributed by atoms with Crippen LogP contribution in [0.25, 0.3) is 10.9 Å². The van der Waals surface area contributed by atoms with Crippen LogP contribution in [0.2, 0.25) is 5.02 Å². The number of hydrogen-bond donors (Lipinski definition) is 0. The zero-order valence-corrected chi connectivity index (χ0v) is 11.9. The standard InChI is InChI=1S/C15H18ClN3/c1-18-7-2-8-19(10-9-18)15-5-6-17-14-11-12(16)3-4-13(14)15/h3-6,11H,2,7-10H2,1H3. The molecule has 2 aromatic rings. The van der Waals surface area contributed by atoms with E-state index in [4.69, 9.17) is 11.6 Å². The summed E-state index contributed by atoms with van der Waals surface area (Å²) in [6.45, 7) is 4.45. The first-order valence-corrected chi connectivity index (χ1v) is 7.09. The lowest BCUT2D eigenvalue weighted by Crippen LogP contribution is -2.28. The molecular formula is C15H18ClN3. The van der Waals surface area contributed by atoms with Crippen molar-refractivity contribution in [2.45, 2.75) is 6.42 Å². The van der Waals surface area contributed by atoms with E-state index in [9.17, 15) is 0 Å². The van der Waals surface area contributed by atoms with Crippen molar-refractivity contribution in [1.82, 2.24) is 9.88 Å². The van der Waals surface area contributed by atoms with Crippen molar-refractivity contribution in [2.24, 2.45) is 0 Å². The summed E-state index contributed by atoms with van der Waals surface area (Å²) in [5.74, 6) is 0. The molecule has 2 heterocycles. The topological polar surface area (TPSA) is 19.4 Å². The molecule has 0 spiro atoms. The molecule has 0 amide bonds. The van der Waals surface area contributed by atoms with Crippen molar-refractivity contribution in [2.75, 3.05) is 38.1 Å². The lowest BCUT2D eigenvalue weighted by molar-refractivity contribution is 0.360. The maximum Gasteiger partial charge on any atom is 0.0737 e. The first-order valence-electron chi connectivity index (χ1n) is 6.72. The lowest BCUT2D eigenvalue weighted by Gasteiger charge is -2.24. The van der Waals surface area contributed by atoms with Crippen molar-refractivity contribution in [1.29, 1.82) is 0 Å². The molecular weight excluding hydrogens is 258 g/mol. The molecule has 1 aliphatic heterocycles. The average molecular weight is 276 g/mol. The molecule has 3 rings (SSSR count). The van der Waals surface area contributed by atoms with Crippen LogP contribution in [0.5, 0.6) is 0 Å². The van der Waals surface area contributed by atoms with Gasteiger partial charge in [-0.25, -0.2) is 0 Å². The second-order valence-electron chi connectivity index (χ2n) is 5.14. The first-order chi connectivity index (χ1) is 9.24. The predicted octanol–water partition coefficient (Wildman–Crippen LogP) is 3.03. The Bertz CT molecular complexity index is 585. The van der Waals surface area contributed by atoms with Crippen LogP contribution in [-0.2, 0) is 0 Å². The third-order valence-corrected chi connectivity index (χ3v) is 3.98. The molecule has 0 bridgehead atoms. The average Bonchev–Trinajstić information content (AvgIpc) is 2.62. The maximum absolute atomic E-state index is 6.04. The molecule has 1 aromatic heterocycles. The highest BCUT2D eigenvalue weighted by molar-refractivity contribution is 6.31. The van der Waals surface area contributed by atoms with Gasteiger partial charge in [0.2, 0.25) is 0 Å². The van der Waals surface area contributed by atoms with Gasteiger partial charge in [-0.15, -0.1) is 0 Å². The Morgan fingerprint density at radius 2 is 2.00 bits per heavy atom. The summed E-state index contributed by atoms with van der Waals surface area (Å²) in [5.41, 5.74) is 2.25. The fourth-order valence-electron chi connectivity index (χ4n) is 2.67. The van der Waals surface area contributed by atoms with Crippen LogP contribution < -0.4 is 4.90 Å². The molecule has 100 valence electrons. The Morgan fingerprint density at radius 1 is 1.11 bits per heavy atom. The second-order valence-corrected chi connectivity index (χ2v) is 5.57. The Hall–Kier alpha value is -1.32. The van der Waals surface area contributed by atoms with E-state index < -0.39 is 0 Å². The Morgan fingerprint density at radius 3 is 2.89 bits per heavy atom. The van der Waals surface area contributed by atoms with Crippen LogP contribution in [-0.4, -0.2) is 43.1 Å². The van der Waals surface area contributed by atoms with Gasteiger partial charge in [-0.05, 0) is 44.3 Å². The van der Waals surface area contributed by atoms with E-state index in [0.717, 1.165) is 30.2 Å². The van der Waals surface area contributed by atoms with E-state index in [1.807, 2.05) is 18.3 Å². The van der Waals surface area contributed by atoms with Crippen LogP contribution in [0, 0.1) is 0 Å². The number of hydrogen-bond acceptors (Lipinski definition) is 3. The summed E-state index contributed by atoms with van der Waals surface area (Å²) in [6, 6.07) is 8.07. The van der Waals surface area contributed by atoms with Crippen molar-refractivity contribution >= 4 is 28.2 Å². The van der Waals surface area contributed by atoms with E-state index in [-0.39, 0.29) is 0 Å². The summed E-state index contributed by atoms with van der Waals surface area (Å²) < 4.78 is 0. The summed E-state index contributed by atoms with van der Waals surface area (Å²) in [5, 5.41) is 1.93. The zero-order valence-electron chi connectivity index (χ0n) is 11.1. The minimum Gasteiger partial charge on any atom is -0.370 e. The molecule has 0 unspecified atom stereocenters. The van der Waals surface area contributed by atoms with Gasteiger partial charge in [-0.1, -0.05) is 11.6 Å². The van der Waals surface area contributed by atoms with E-state index in [1.165, 1.54) is 24.0 Å². The molecule has 4 heteroatoms. The molecule has 0 radical (unpaired) electrons. The zero-order chi connectivity index (χ0) is 13.2. The van der Waals surface area contributed by atoms with Crippen molar-refractivity contribution in [3.8, 4) is 0 Å². The number of benzene rings is 1. The molecule has 0 atom stereocenters. The van der Waals surface area contributed by atoms with Crippen molar-refractivity contribution in [3.63, 3.8) is 0 Å². The van der Waals surface area contributed by atoms with Crippen LogP contribution >= 0.6 is 11.6 Å². The Labute approximate surface area is 118 Å². The molecule has 1 aromatic carbocycles. The smallest absolute Gasteiger partial charge is 0.0737 e. The van der Waals surface area contributed by atoms with Gasteiger partial charge in [0.15, 0.2) is 0 Å². The minimum atomic E-state index is 0.743. The van der Waals surface area contributed by atoms with E-state index in [0.29, 0.717) is 0 Å². The van der Waals surface area contributed by atoms with Gasteiger partial charge < -0.3 is 9.80 Å². The normalized spacial score (nSPS) is 17.7. The van der Waals surface area contributed by atoms with Gasteiger partial charge in [-0.2, -0.15) is 0 Å². The minimum absolute atomic E-state index is 0.743. The summed E-state index contributed by atoms with van der Waals surface area (Å²) >= 11 is 6.04. The van der Waals surface area contributed by atoms with E-state index in [1.54, 1.807) is 0 Å². The van der Waals surface area contributed by atoms with Crippen LogP contribution in [0.3, 0.4) is 0 Å². The number of halogens is 1. The number of aromatic nitrogens is 1. The van der Waals surface area contributed by atoms with Crippen molar-refractivity contribution < 1.29 is 0 Å². The molecule has 1 saturated heterocycles. The molecule has 0 saturated carbocycles. The van der Waals surface area contributed by atoms with E-state index in [2.05, 4.69) is 34.0 Å². The van der Waals surface area contributed by atoms with Gasteiger partial charge in [0.1, 0.15) is 0 Å². The molecule has 19 heavy (non-hydrogen) atoms. The molecule has 0 N–H and O–H groups in total. The number of nitrogens with zero attached hydrogens (tertiary/aromatic N) is 3. The Kier molecular flexibility index (Phi) is 3.58. The third kappa shape index (κ3) is 2.67. The van der Waals surface area contributed by atoms with Gasteiger partial charge in [0.25, 0.3) is 0 Å². The maximum atomic E-state index is 6.04. The number of rotatable bonds is 1. The largest absolute Gasteiger partial charge is 0.370 e. The highest BCUT2D eigenvalue weighted by Crippen LogP contribution is 2.28. The molecule has 0 aliphatic carbocycles. The summed E-state index contributed by atoms with van der Waals surface area (Å²) in [4.78, 5) is 9.26. The van der Waals surface area contributed by atoms with Crippen molar-refractivity contribution in [3.05, 3.63) is 35.5 Å². The predicted molar refractivity (Wildman–Crippen MR) is 81.1 cm³/mol. The Balaban J connectivity index is 2.00. The van der Waals surface area contributed by atoms with Crippen LogP contribution in [0.1, 0.15) is 6.42 Å². The third-order valence-electron chi connectivity index (χ3n) is 3.74. The second kappa shape index (κ2) is 5.35.